The standard InChI is InChI=1S/C15H13NO2/c1-10-4-2-5-11(9-8-10)12-6-3-7-13-14(12)18-16-15(13)17/h2-4,6-9H,5H2,1H3,(H,16,17). The van der Waals surface area contributed by atoms with E-state index in [0.29, 0.717) is 11.0 Å². The summed E-state index contributed by atoms with van der Waals surface area (Å²) in [4.78, 5) is 11.5. The number of aromatic amines is 1. The first-order chi connectivity index (χ1) is 8.75. The molecule has 0 radical (unpaired) electrons. The maximum absolute atomic E-state index is 11.5. The van der Waals surface area contributed by atoms with Gasteiger partial charge >= 0.3 is 0 Å². The fraction of sp³-hybridized carbons (Fsp3) is 0.133. The van der Waals surface area contributed by atoms with E-state index in [0.717, 1.165) is 17.6 Å². The summed E-state index contributed by atoms with van der Waals surface area (Å²) in [5, 5.41) is 2.99. The number of benzene rings is 1. The van der Waals surface area contributed by atoms with E-state index in [1.54, 1.807) is 6.07 Å². The molecule has 1 aliphatic carbocycles. The Kier molecular flexibility index (Phi) is 2.52. The number of hydrogen-bond acceptors (Lipinski definition) is 2. The largest absolute Gasteiger partial charge is 0.378 e. The number of H-pyrrole nitrogens is 1. The second-order valence-corrected chi connectivity index (χ2v) is 4.42. The van der Waals surface area contributed by atoms with Crippen LogP contribution in [-0.4, -0.2) is 5.16 Å². The highest BCUT2D eigenvalue weighted by Crippen LogP contribution is 2.27. The molecular weight excluding hydrogens is 226 g/mol. The molecule has 1 aliphatic rings. The first kappa shape index (κ1) is 10.8. The highest BCUT2D eigenvalue weighted by Gasteiger charge is 2.11. The third kappa shape index (κ3) is 1.74. The molecule has 1 aromatic heterocycles. The Morgan fingerprint density at radius 2 is 2.17 bits per heavy atom. The average Bonchev–Trinajstić information content (AvgIpc) is 2.62. The fourth-order valence-corrected chi connectivity index (χ4v) is 2.16. The average molecular weight is 239 g/mol. The molecule has 0 saturated carbocycles. The van der Waals surface area contributed by atoms with Gasteiger partial charge in [0.2, 0.25) is 0 Å². The molecule has 0 spiro atoms. The van der Waals surface area contributed by atoms with Crippen LogP contribution < -0.4 is 5.56 Å². The molecule has 2 aromatic rings. The van der Waals surface area contributed by atoms with E-state index in [2.05, 4.69) is 36.4 Å². The van der Waals surface area contributed by atoms with Gasteiger partial charge in [-0.2, -0.15) is 5.16 Å². The minimum Gasteiger partial charge on any atom is -0.378 e. The maximum Gasteiger partial charge on any atom is 0.287 e. The van der Waals surface area contributed by atoms with Gasteiger partial charge in [-0.05, 0) is 25.0 Å². The van der Waals surface area contributed by atoms with E-state index < -0.39 is 0 Å². The molecule has 1 aromatic carbocycles. The van der Waals surface area contributed by atoms with Crippen LogP contribution in [0, 0.1) is 0 Å². The van der Waals surface area contributed by atoms with Crippen molar-refractivity contribution in [3.63, 3.8) is 0 Å². The minimum absolute atomic E-state index is 0.177. The van der Waals surface area contributed by atoms with Crippen LogP contribution in [0.3, 0.4) is 0 Å². The van der Waals surface area contributed by atoms with Gasteiger partial charge in [-0.1, -0.05) is 42.0 Å². The highest BCUT2D eigenvalue weighted by atomic mass is 16.5. The van der Waals surface area contributed by atoms with Gasteiger partial charge in [0.05, 0.1) is 5.39 Å². The second-order valence-electron chi connectivity index (χ2n) is 4.42. The molecule has 0 fully saturated rings. The molecule has 1 N–H and O–H groups in total. The normalized spacial score (nSPS) is 15.4. The lowest BCUT2D eigenvalue weighted by Gasteiger charge is -2.03. The highest BCUT2D eigenvalue weighted by molar-refractivity contribution is 5.89. The first-order valence-corrected chi connectivity index (χ1v) is 5.90. The number of para-hydroxylation sites is 1. The Labute approximate surface area is 104 Å². The Hall–Kier alpha value is -2.29. The van der Waals surface area contributed by atoms with Gasteiger partial charge in [0.1, 0.15) is 0 Å². The zero-order valence-corrected chi connectivity index (χ0v) is 10.1. The molecule has 1 heterocycles. The van der Waals surface area contributed by atoms with Gasteiger partial charge in [-0.3, -0.25) is 4.79 Å². The second kappa shape index (κ2) is 4.18. The van der Waals surface area contributed by atoms with E-state index in [4.69, 9.17) is 4.52 Å². The minimum atomic E-state index is -0.177. The number of rotatable bonds is 1. The molecule has 0 atom stereocenters. The van der Waals surface area contributed by atoms with Crippen LogP contribution in [0.1, 0.15) is 18.9 Å². The van der Waals surface area contributed by atoms with Crippen molar-refractivity contribution in [1.82, 2.24) is 5.16 Å². The SMILES string of the molecule is CC1=CC=C(c2cccc3c(=O)[nH]oc23)CC=C1. The van der Waals surface area contributed by atoms with E-state index in [1.807, 2.05) is 12.1 Å². The molecule has 3 rings (SSSR count). The molecule has 0 saturated heterocycles. The van der Waals surface area contributed by atoms with Crippen molar-refractivity contribution >= 4 is 16.5 Å². The van der Waals surface area contributed by atoms with Crippen LogP contribution >= 0.6 is 0 Å². The molecule has 0 bridgehead atoms. The molecule has 0 amide bonds. The third-order valence-electron chi connectivity index (χ3n) is 3.12. The Balaban J connectivity index is 2.21. The molecule has 3 heteroatoms. The molecule has 3 nitrogen and oxygen atoms in total. The van der Waals surface area contributed by atoms with Crippen LogP contribution in [0.25, 0.3) is 16.5 Å². The summed E-state index contributed by atoms with van der Waals surface area (Å²) in [5.74, 6) is 0. The van der Waals surface area contributed by atoms with Gasteiger partial charge in [-0.25, -0.2) is 0 Å². The smallest absolute Gasteiger partial charge is 0.287 e. The predicted octanol–water partition coefficient (Wildman–Crippen LogP) is 3.41. The van der Waals surface area contributed by atoms with Crippen LogP contribution in [0.4, 0.5) is 0 Å². The van der Waals surface area contributed by atoms with Crippen molar-refractivity contribution in [2.24, 2.45) is 0 Å². The summed E-state index contributed by atoms with van der Waals surface area (Å²) in [5.41, 5.74) is 3.80. The van der Waals surface area contributed by atoms with Crippen molar-refractivity contribution in [2.75, 3.05) is 0 Å². The lowest BCUT2D eigenvalue weighted by molar-refractivity contribution is 0.448. The monoisotopic (exact) mass is 239 g/mol. The number of aromatic nitrogens is 1. The Morgan fingerprint density at radius 3 is 3.06 bits per heavy atom. The van der Waals surface area contributed by atoms with Crippen molar-refractivity contribution in [2.45, 2.75) is 13.3 Å². The van der Waals surface area contributed by atoms with Crippen molar-refractivity contribution in [3.05, 3.63) is 64.0 Å². The first-order valence-electron chi connectivity index (χ1n) is 5.90. The van der Waals surface area contributed by atoms with E-state index in [1.165, 1.54) is 5.57 Å². The van der Waals surface area contributed by atoms with Crippen LogP contribution in [0.15, 0.2) is 57.4 Å². The van der Waals surface area contributed by atoms with E-state index >= 15 is 0 Å². The van der Waals surface area contributed by atoms with Gasteiger partial charge in [-0.15, -0.1) is 0 Å². The lowest BCUT2D eigenvalue weighted by atomic mass is 10.0. The fourth-order valence-electron chi connectivity index (χ4n) is 2.16. The summed E-state index contributed by atoms with van der Waals surface area (Å²) >= 11 is 0. The third-order valence-corrected chi connectivity index (χ3v) is 3.12. The summed E-state index contributed by atoms with van der Waals surface area (Å²) < 4.78 is 5.28. The topological polar surface area (TPSA) is 46.0 Å². The van der Waals surface area contributed by atoms with Crippen LogP contribution in [-0.2, 0) is 0 Å². The van der Waals surface area contributed by atoms with E-state index in [9.17, 15) is 4.79 Å². The maximum atomic E-state index is 11.5. The Bertz CT molecular complexity index is 741. The van der Waals surface area contributed by atoms with Crippen molar-refractivity contribution in [1.29, 1.82) is 0 Å². The number of nitrogens with one attached hydrogen (secondary N) is 1. The van der Waals surface area contributed by atoms with Crippen molar-refractivity contribution < 1.29 is 4.52 Å². The summed E-state index contributed by atoms with van der Waals surface area (Å²) in [7, 11) is 0. The summed E-state index contributed by atoms with van der Waals surface area (Å²) in [6, 6.07) is 5.64. The summed E-state index contributed by atoms with van der Waals surface area (Å²) in [6.07, 6.45) is 9.20. The predicted molar refractivity (Wildman–Crippen MR) is 72.3 cm³/mol. The van der Waals surface area contributed by atoms with E-state index in [-0.39, 0.29) is 5.56 Å². The quantitative estimate of drug-likeness (QED) is 0.828. The Morgan fingerprint density at radius 1 is 1.28 bits per heavy atom. The zero-order valence-electron chi connectivity index (χ0n) is 10.1. The molecule has 0 unspecified atom stereocenters. The number of allylic oxidation sites excluding steroid dienone is 6. The van der Waals surface area contributed by atoms with Crippen LogP contribution in [0.5, 0.6) is 0 Å². The van der Waals surface area contributed by atoms with Gasteiger partial charge < -0.3 is 4.52 Å². The number of hydrogen-bond donors (Lipinski definition) is 1. The zero-order chi connectivity index (χ0) is 12.5. The molecular formula is C15H13NO2. The van der Waals surface area contributed by atoms with Crippen molar-refractivity contribution in [3.8, 4) is 0 Å². The molecule has 0 aliphatic heterocycles. The van der Waals surface area contributed by atoms with Gasteiger partial charge in [0.15, 0.2) is 5.58 Å². The van der Waals surface area contributed by atoms with Crippen LogP contribution in [0.2, 0.25) is 0 Å². The van der Waals surface area contributed by atoms with Gasteiger partial charge in [0.25, 0.3) is 5.56 Å². The van der Waals surface area contributed by atoms with Gasteiger partial charge in [0, 0.05) is 5.56 Å². The molecule has 90 valence electrons. The number of fused-ring (bicyclic) bond motifs is 1. The summed E-state index contributed by atoms with van der Waals surface area (Å²) in [6.45, 7) is 2.06. The molecule has 18 heavy (non-hydrogen) atoms. The lowest BCUT2D eigenvalue weighted by Crippen LogP contribution is -1.96.